The minimum Gasteiger partial charge on any atom is -0.497 e. The zero-order valence-electron chi connectivity index (χ0n) is 23.4. The van der Waals surface area contributed by atoms with E-state index < -0.39 is 31.8 Å². The first-order valence-electron chi connectivity index (χ1n) is 12.7. The van der Waals surface area contributed by atoms with E-state index in [1.165, 1.54) is 7.11 Å². The SMILES string of the molecule is COC(=O)[C@@]1(COCc2ccccc2)[C@@H](O[Si](C)(C)C(C)(C)C)[C@@H](C)C(=O)N1Cc1ccc(OC)cc1. The number of benzene rings is 2. The van der Waals surface area contributed by atoms with E-state index in [0.717, 1.165) is 16.9 Å². The third-order valence-corrected chi connectivity index (χ3v) is 12.2. The van der Waals surface area contributed by atoms with Gasteiger partial charge in [-0.25, -0.2) is 4.79 Å². The maximum atomic E-state index is 13.8. The van der Waals surface area contributed by atoms with Crippen molar-refractivity contribution in [3.63, 3.8) is 0 Å². The maximum absolute atomic E-state index is 13.8. The zero-order valence-corrected chi connectivity index (χ0v) is 24.4. The molecule has 2 aromatic rings. The molecule has 7 nitrogen and oxygen atoms in total. The van der Waals surface area contributed by atoms with Crippen LogP contribution in [0.4, 0.5) is 0 Å². The van der Waals surface area contributed by atoms with Crippen LogP contribution in [0.5, 0.6) is 5.75 Å². The Bertz CT molecular complexity index is 1070. The summed E-state index contributed by atoms with van der Waals surface area (Å²) in [5, 5.41) is -0.119. The Balaban J connectivity index is 2.05. The highest BCUT2D eigenvalue weighted by molar-refractivity contribution is 6.74. The fourth-order valence-electron chi connectivity index (χ4n) is 4.49. The minimum atomic E-state index is -2.38. The lowest BCUT2D eigenvalue weighted by atomic mass is 9.89. The molecule has 1 heterocycles. The molecule has 0 bridgehead atoms. The summed E-state index contributed by atoms with van der Waals surface area (Å²) in [6, 6.07) is 17.2. The van der Waals surface area contributed by atoms with Gasteiger partial charge in [0.25, 0.3) is 0 Å². The Morgan fingerprint density at radius 3 is 2.16 bits per heavy atom. The molecule has 0 aromatic heterocycles. The van der Waals surface area contributed by atoms with Gasteiger partial charge >= 0.3 is 5.97 Å². The van der Waals surface area contributed by atoms with Crippen molar-refractivity contribution in [3.8, 4) is 5.75 Å². The molecular weight excluding hydrogens is 486 g/mol. The number of carbonyl (C=O) groups is 2. The number of nitrogens with zero attached hydrogens (tertiary/aromatic N) is 1. The first-order valence-corrected chi connectivity index (χ1v) is 15.6. The molecule has 3 rings (SSSR count). The molecule has 0 N–H and O–H groups in total. The molecule has 1 saturated heterocycles. The normalized spacial score (nSPS) is 22.3. The number of esters is 1. The number of hydrogen-bond donors (Lipinski definition) is 0. The van der Waals surface area contributed by atoms with Gasteiger partial charge in [-0.3, -0.25) is 4.79 Å². The number of rotatable bonds is 10. The molecule has 1 aliphatic heterocycles. The van der Waals surface area contributed by atoms with Crippen LogP contribution in [0, 0.1) is 5.92 Å². The van der Waals surface area contributed by atoms with Crippen LogP contribution < -0.4 is 4.74 Å². The first kappa shape index (κ1) is 28.9. The van der Waals surface area contributed by atoms with Crippen LogP contribution in [0.2, 0.25) is 18.1 Å². The Morgan fingerprint density at radius 1 is 1.00 bits per heavy atom. The van der Waals surface area contributed by atoms with Crippen molar-refractivity contribution in [3.05, 3.63) is 65.7 Å². The van der Waals surface area contributed by atoms with Crippen LogP contribution >= 0.6 is 0 Å². The molecule has 2 aromatic carbocycles. The first-order chi connectivity index (χ1) is 17.4. The lowest BCUT2D eigenvalue weighted by molar-refractivity contribution is -0.168. The quantitative estimate of drug-likeness (QED) is 0.313. The van der Waals surface area contributed by atoms with Gasteiger partial charge in [0.2, 0.25) is 5.91 Å². The van der Waals surface area contributed by atoms with Crippen LogP contribution in [0.15, 0.2) is 54.6 Å². The monoisotopic (exact) mass is 527 g/mol. The fourth-order valence-corrected chi connectivity index (χ4v) is 5.87. The van der Waals surface area contributed by atoms with Crippen LogP contribution in [-0.2, 0) is 36.6 Å². The Kier molecular flexibility index (Phi) is 8.88. The van der Waals surface area contributed by atoms with E-state index in [0.29, 0.717) is 6.61 Å². The van der Waals surface area contributed by atoms with Crippen molar-refractivity contribution in [1.29, 1.82) is 0 Å². The van der Waals surface area contributed by atoms with Gasteiger partial charge in [-0.15, -0.1) is 0 Å². The van der Waals surface area contributed by atoms with Crippen LogP contribution in [-0.4, -0.2) is 57.6 Å². The highest BCUT2D eigenvalue weighted by Gasteiger charge is 2.65. The number of ether oxygens (including phenoxy) is 3. The lowest BCUT2D eigenvalue weighted by Crippen LogP contribution is -2.63. The van der Waals surface area contributed by atoms with Gasteiger partial charge in [-0.2, -0.15) is 0 Å². The molecule has 0 radical (unpaired) electrons. The van der Waals surface area contributed by atoms with E-state index >= 15 is 0 Å². The van der Waals surface area contributed by atoms with E-state index in [4.69, 9.17) is 18.6 Å². The van der Waals surface area contributed by atoms with E-state index in [1.54, 1.807) is 12.0 Å². The summed E-state index contributed by atoms with van der Waals surface area (Å²) < 4.78 is 23.7. The van der Waals surface area contributed by atoms with Crippen molar-refractivity contribution < 1.29 is 28.2 Å². The van der Waals surface area contributed by atoms with Gasteiger partial charge in [-0.1, -0.05) is 70.2 Å². The molecule has 37 heavy (non-hydrogen) atoms. The highest BCUT2D eigenvalue weighted by Crippen LogP contribution is 2.45. The number of hydrogen-bond acceptors (Lipinski definition) is 6. The van der Waals surface area contributed by atoms with E-state index in [2.05, 4.69) is 33.9 Å². The predicted molar refractivity (Wildman–Crippen MR) is 146 cm³/mol. The third kappa shape index (κ3) is 5.92. The van der Waals surface area contributed by atoms with Crippen molar-refractivity contribution in [2.45, 2.75) is 70.6 Å². The summed E-state index contributed by atoms with van der Waals surface area (Å²) in [6.07, 6.45) is -0.720. The summed E-state index contributed by atoms with van der Waals surface area (Å²) in [7, 11) is 0.573. The number of methoxy groups -OCH3 is 2. The highest BCUT2D eigenvalue weighted by atomic mass is 28.4. The summed E-state index contributed by atoms with van der Waals surface area (Å²) in [5.41, 5.74) is 0.407. The van der Waals surface area contributed by atoms with E-state index in [9.17, 15) is 9.59 Å². The Morgan fingerprint density at radius 2 is 1.62 bits per heavy atom. The molecule has 1 aliphatic rings. The lowest BCUT2D eigenvalue weighted by Gasteiger charge is -2.45. The minimum absolute atomic E-state index is 0.0416. The van der Waals surface area contributed by atoms with Gasteiger partial charge in [0, 0.05) is 6.54 Å². The average molecular weight is 528 g/mol. The summed E-state index contributed by atoms with van der Waals surface area (Å²) in [4.78, 5) is 29.2. The molecule has 0 aliphatic carbocycles. The number of carbonyl (C=O) groups excluding carboxylic acids is 2. The maximum Gasteiger partial charge on any atom is 0.336 e. The average Bonchev–Trinajstić information content (AvgIpc) is 3.05. The smallest absolute Gasteiger partial charge is 0.336 e. The molecule has 202 valence electrons. The summed E-state index contributed by atoms with van der Waals surface area (Å²) in [5.74, 6) is -0.523. The largest absolute Gasteiger partial charge is 0.497 e. The van der Waals surface area contributed by atoms with Crippen molar-refractivity contribution >= 4 is 20.2 Å². The second-order valence-electron chi connectivity index (χ2n) is 11.3. The van der Waals surface area contributed by atoms with Gasteiger partial charge in [-0.05, 0) is 41.4 Å². The van der Waals surface area contributed by atoms with Crippen LogP contribution in [0.1, 0.15) is 38.8 Å². The number of likely N-dealkylation sites (tertiary alicyclic amines) is 1. The van der Waals surface area contributed by atoms with Gasteiger partial charge in [0.05, 0.1) is 39.5 Å². The van der Waals surface area contributed by atoms with Crippen LogP contribution in [0.3, 0.4) is 0 Å². The third-order valence-electron chi connectivity index (χ3n) is 7.76. The second kappa shape index (κ2) is 11.4. The van der Waals surface area contributed by atoms with Crippen molar-refractivity contribution in [1.82, 2.24) is 4.90 Å². The van der Waals surface area contributed by atoms with Crippen molar-refractivity contribution in [2.24, 2.45) is 5.92 Å². The molecule has 0 saturated carbocycles. The van der Waals surface area contributed by atoms with Crippen molar-refractivity contribution in [2.75, 3.05) is 20.8 Å². The topological polar surface area (TPSA) is 74.3 Å². The molecule has 1 fully saturated rings. The van der Waals surface area contributed by atoms with Gasteiger partial charge in [0.15, 0.2) is 13.9 Å². The van der Waals surface area contributed by atoms with E-state index in [-0.39, 0.29) is 24.1 Å². The molecule has 0 unspecified atom stereocenters. The Hall–Kier alpha value is -2.68. The number of amides is 1. The molecule has 0 spiro atoms. The molecule has 3 atom stereocenters. The standard InChI is InChI=1S/C29H41NO6Si/c1-21-25(36-37(7,8)28(2,3)4)29(27(32)34-6,20-35-19-23-12-10-9-11-13-23)30(26(21)31)18-22-14-16-24(33-5)17-15-22/h9-17,21,25H,18-20H2,1-8H3/t21-,25+,29-/m1/s1. The fraction of sp³-hybridized carbons (Fsp3) is 0.517. The second-order valence-corrected chi connectivity index (χ2v) is 16.0. The molecule has 8 heteroatoms. The predicted octanol–water partition coefficient (Wildman–Crippen LogP) is 5.19. The zero-order chi connectivity index (χ0) is 27.4. The molecular formula is C29H41NO6Si. The summed E-state index contributed by atoms with van der Waals surface area (Å²) >= 11 is 0. The Labute approximate surface area is 222 Å². The molecule has 1 amide bonds. The summed E-state index contributed by atoms with van der Waals surface area (Å²) in [6.45, 7) is 13.0. The van der Waals surface area contributed by atoms with Gasteiger partial charge < -0.3 is 23.5 Å². The van der Waals surface area contributed by atoms with Crippen LogP contribution in [0.25, 0.3) is 0 Å². The van der Waals surface area contributed by atoms with E-state index in [1.807, 2.05) is 61.5 Å². The van der Waals surface area contributed by atoms with Gasteiger partial charge in [0.1, 0.15) is 5.75 Å².